The van der Waals surface area contributed by atoms with Crippen molar-refractivity contribution in [1.29, 1.82) is 0 Å². The zero-order chi connectivity index (χ0) is 9.97. The lowest BCUT2D eigenvalue weighted by molar-refractivity contribution is 0.339. The van der Waals surface area contributed by atoms with Crippen LogP contribution in [0.2, 0.25) is 0 Å². The number of rotatable bonds is 4. The number of benzene rings is 1. The van der Waals surface area contributed by atoms with Crippen LogP contribution < -0.4 is 4.74 Å². The van der Waals surface area contributed by atoms with E-state index in [-0.39, 0.29) is 0 Å². The van der Waals surface area contributed by atoms with E-state index in [1.165, 1.54) is 5.56 Å². The molecule has 0 aromatic heterocycles. The lowest BCUT2D eigenvalue weighted by Crippen LogP contribution is -1.92. The summed E-state index contributed by atoms with van der Waals surface area (Å²) < 4.78 is 10.9. The summed E-state index contributed by atoms with van der Waals surface area (Å²) in [7, 11) is 0. The average molecular weight is 192 g/mol. The molecule has 2 atom stereocenters. The van der Waals surface area contributed by atoms with Crippen LogP contribution in [0.4, 0.5) is 0 Å². The maximum atomic E-state index is 5.51. The minimum absolute atomic E-state index is 0.329. The van der Waals surface area contributed by atoms with Gasteiger partial charge in [0.1, 0.15) is 11.9 Å². The molecule has 14 heavy (non-hydrogen) atoms. The van der Waals surface area contributed by atoms with Gasteiger partial charge in [0, 0.05) is 0 Å². The van der Waals surface area contributed by atoms with E-state index in [2.05, 4.69) is 19.1 Å². The van der Waals surface area contributed by atoms with Gasteiger partial charge in [0.25, 0.3) is 0 Å². The van der Waals surface area contributed by atoms with Crippen molar-refractivity contribution in [2.45, 2.75) is 32.5 Å². The van der Waals surface area contributed by atoms with Gasteiger partial charge in [-0.1, -0.05) is 19.1 Å². The Morgan fingerprint density at radius 2 is 1.93 bits per heavy atom. The minimum Gasteiger partial charge on any atom is -0.494 e. The summed E-state index contributed by atoms with van der Waals surface area (Å²) >= 11 is 0. The number of epoxide rings is 1. The second-order valence-corrected chi connectivity index (χ2v) is 3.51. The van der Waals surface area contributed by atoms with Crippen LogP contribution in [-0.2, 0) is 4.74 Å². The van der Waals surface area contributed by atoms with E-state index in [4.69, 9.17) is 9.47 Å². The molecular formula is C12H16O2. The average Bonchev–Trinajstić information content (AvgIpc) is 2.99. The first-order valence-electron chi connectivity index (χ1n) is 5.23. The molecule has 2 heteroatoms. The van der Waals surface area contributed by atoms with Crippen molar-refractivity contribution in [3.05, 3.63) is 29.8 Å². The van der Waals surface area contributed by atoms with E-state index >= 15 is 0 Å². The lowest BCUT2D eigenvalue weighted by Gasteiger charge is -2.02. The summed E-state index contributed by atoms with van der Waals surface area (Å²) in [4.78, 5) is 0. The molecule has 0 amide bonds. The van der Waals surface area contributed by atoms with Crippen molar-refractivity contribution >= 4 is 0 Å². The molecule has 0 bridgehead atoms. The number of ether oxygens (including phenoxy) is 2. The van der Waals surface area contributed by atoms with Crippen LogP contribution in [0.3, 0.4) is 0 Å². The smallest absolute Gasteiger partial charge is 0.119 e. The molecule has 2 nitrogen and oxygen atoms in total. The Balaban J connectivity index is 2.00. The van der Waals surface area contributed by atoms with Crippen molar-refractivity contribution in [2.24, 2.45) is 0 Å². The summed E-state index contributed by atoms with van der Waals surface area (Å²) in [5.74, 6) is 0.935. The van der Waals surface area contributed by atoms with Crippen LogP contribution >= 0.6 is 0 Å². The second kappa shape index (κ2) is 4.01. The Bertz CT molecular complexity index is 292. The summed E-state index contributed by atoms with van der Waals surface area (Å²) in [6.07, 6.45) is 1.86. The Morgan fingerprint density at radius 3 is 2.43 bits per heavy atom. The quantitative estimate of drug-likeness (QED) is 0.684. The molecule has 0 saturated carbocycles. The largest absolute Gasteiger partial charge is 0.494 e. The van der Waals surface area contributed by atoms with Crippen LogP contribution in [0.1, 0.15) is 31.9 Å². The Morgan fingerprint density at radius 1 is 1.21 bits per heavy atom. The van der Waals surface area contributed by atoms with Crippen molar-refractivity contribution in [3.63, 3.8) is 0 Å². The molecule has 2 unspecified atom stereocenters. The van der Waals surface area contributed by atoms with Crippen LogP contribution in [0.25, 0.3) is 0 Å². The molecule has 1 aliphatic heterocycles. The van der Waals surface area contributed by atoms with E-state index in [1.54, 1.807) is 0 Å². The first kappa shape index (κ1) is 9.53. The molecule has 0 spiro atoms. The SMILES string of the molecule is CCOc1ccc(C2OC2CC)cc1. The van der Waals surface area contributed by atoms with Gasteiger partial charge in [0.15, 0.2) is 0 Å². The molecule has 0 radical (unpaired) electrons. The number of hydrogen-bond donors (Lipinski definition) is 0. The van der Waals surface area contributed by atoms with Gasteiger partial charge in [-0.05, 0) is 31.0 Å². The van der Waals surface area contributed by atoms with E-state index in [9.17, 15) is 0 Å². The van der Waals surface area contributed by atoms with Crippen molar-refractivity contribution in [2.75, 3.05) is 6.61 Å². The third-order valence-electron chi connectivity index (χ3n) is 2.50. The summed E-state index contributed by atoms with van der Waals surface area (Å²) in [5.41, 5.74) is 1.26. The van der Waals surface area contributed by atoms with Gasteiger partial charge in [-0.25, -0.2) is 0 Å². The Hall–Kier alpha value is -1.02. The van der Waals surface area contributed by atoms with Crippen LogP contribution in [0.15, 0.2) is 24.3 Å². The van der Waals surface area contributed by atoms with Gasteiger partial charge in [-0.15, -0.1) is 0 Å². The van der Waals surface area contributed by atoms with E-state index in [1.807, 2.05) is 19.1 Å². The fraction of sp³-hybridized carbons (Fsp3) is 0.500. The van der Waals surface area contributed by atoms with Crippen LogP contribution in [-0.4, -0.2) is 12.7 Å². The molecule has 1 fully saturated rings. The van der Waals surface area contributed by atoms with Gasteiger partial charge in [0.05, 0.1) is 12.7 Å². The van der Waals surface area contributed by atoms with Crippen LogP contribution in [0.5, 0.6) is 5.75 Å². The number of hydrogen-bond acceptors (Lipinski definition) is 2. The molecule has 1 heterocycles. The van der Waals surface area contributed by atoms with E-state index < -0.39 is 0 Å². The normalized spacial score (nSPS) is 24.7. The maximum Gasteiger partial charge on any atom is 0.119 e. The predicted molar refractivity (Wildman–Crippen MR) is 55.5 cm³/mol. The summed E-state index contributed by atoms with van der Waals surface area (Å²) in [5, 5.41) is 0. The highest BCUT2D eigenvalue weighted by atomic mass is 16.6. The van der Waals surface area contributed by atoms with Gasteiger partial charge >= 0.3 is 0 Å². The summed E-state index contributed by atoms with van der Waals surface area (Å²) in [6, 6.07) is 8.19. The molecular weight excluding hydrogens is 176 g/mol. The molecule has 0 N–H and O–H groups in total. The predicted octanol–water partition coefficient (Wildman–Crippen LogP) is 2.94. The zero-order valence-electron chi connectivity index (χ0n) is 8.69. The van der Waals surface area contributed by atoms with Gasteiger partial charge < -0.3 is 9.47 Å². The first-order chi connectivity index (χ1) is 6.85. The fourth-order valence-electron chi connectivity index (χ4n) is 1.67. The highest BCUT2D eigenvalue weighted by Crippen LogP contribution is 2.40. The molecule has 76 valence electrons. The zero-order valence-corrected chi connectivity index (χ0v) is 8.69. The van der Waals surface area contributed by atoms with E-state index in [0.717, 1.165) is 18.8 Å². The molecule has 0 aliphatic carbocycles. The highest BCUT2D eigenvalue weighted by Gasteiger charge is 2.38. The Labute approximate surface area is 84.8 Å². The lowest BCUT2D eigenvalue weighted by atomic mass is 10.1. The molecule has 1 saturated heterocycles. The topological polar surface area (TPSA) is 21.8 Å². The molecule has 1 aliphatic rings. The molecule has 1 aromatic rings. The Kier molecular flexibility index (Phi) is 2.73. The van der Waals surface area contributed by atoms with Crippen LogP contribution in [0, 0.1) is 0 Å². The van der Waals surface area contributed by atoms with Crippen molar-refractivity contribution in [1.82, 2.24) is 0 Å². The van der Waals surface area contributed by atoms with Gasteiger partial charge in [-0.3, -0.25) is 0 Å². The van der Waals surface area contributed by atoms with Crippen molar-refractivity contribution in [3.8, 4) is 5.75 Å². The monoisotopic (exact) mass is 192 g/mol. The molecule has 2 rings (SSSR count). The maximum absolute atomic E-state index is 5.51. The highest BCUT2D eigenvalue weighted by molar-refractivity contribution is 5.30. The summed E-state index contributed by atoms with van der Waals surface area (Å²) in [6.45, 7) is 4.86. The first-order valence-corrected chi connectivity index (χ1v) is 5.23. The minimum atomic E-state index is 0.329. The van der Waals surface area contributed by atoms with E-state index in [0.29, 0.717) is 12.2 Å². The fourth-order valence-corrected chi connectivity index (χ4v) is 1.67. The molecule has 1 aromatic carbocycles. The standard InChI is InChI=1S/C12H16O2/c1-3-11-12(14-11)9-5-7-10(8-6-9)13-4-2/h5-8,11-12H,3-4H2,1-2H3. The van der Waals surface area contributed by atoms with Gasteiger partial charge in [0.2, 0.25) is 0 Å². The second-order valence-electron chi connectivity index (χ2n) is 3.51. The third kappa shape index (κ3) is 1.90. The third-order valence-corrected chi connectivity index (χ3v) is 2.50. The van der Waals surface area contributed by atoms with Crippen molar-refractivity contribution < 1.29 is 9.47 Å². The van der Waals surface area contributed by atoms with Gasteiger partial charge in [-0.2, -0.15) is 0 Å².